The molecule has 1 aromatic rings. The zero-order valence-corrected chi connectivity index (χ0v) is 23.1. The fraction of sp³-hybridized carbons (Fsp3) is 0.625. The molecular formula is C24H34Cl2N4O6S. The molecule has 206 valence electrons. The van der Waals surface area contributed by atoms with Crippen molar-refractivity contribution in [2.75, 3.05) is 32.7 Å². The number of halogens is 2. The number of likely N-dealkylation sites (tertiary alicyclic amines) is 1. The van der Waals surface area contributed by atoms with Crippen LogP contribution in [0, 0.1) is 5.92 Å². The molecule has 0 radical (unpaired) electrons. The monoisotopic (exact) mass is 576 g/mol. The van der Waals surface area contributed by atoms with Crippen molar-refractivity contribution < 1.29 is 27.9 Å². The highest BCUT2D eigenvalue weighted by atomic mass is 35.5. The molecule has 0 aliphatic carbocycles. The molecule has 0 saturated carbocycles. The Hall–Kier alpha value is -1.92. The number of carboxylic acid groups (broad SMARTS) is 1. The van der Waals surface area contributed by atoms with Gasteiger partial charge in [0.2, 0.25) is 21.8 Å². The van der Waals surface area contributed by atoms with Crippen molar-refractivity contribution in [3.63, 3.8) is 0 Å². The average Bonchev–Trinajstić information content (AvgIpc) is 3.36. The van der Waals surface area contributed by atoms with Gasteiger partial charge >= 0.3 is 5.97 Å². The summed E-state index contributed by atoms with van der Waals surface area (Å²) in [6.07, 6.45) is 2.35. The summed E-state index contributed by atoms with van der Waals surface area (Å²) in [7, 11) is -4.09. The fourth-order valence-electron chi connectivity index (χ4n) is 4.79. The quantitative estimate of drug-likeness (QED) is 0.367. The summed E-state index contributed by atoms with van der Waals surface area (Å²) in [5.74, 6) is -1.62. The van der Waals surface area contributed by atoms with Gasteiger partial charge in [-0.2, -0.15) is 4.31 Å². The molecule has 37 heavy (non-hydrogen) atoms. The molecule has 13 heteroatoms. The summed E-state index contributed by atoms with van der Waals surface area (Å²) in [4.78, 5) is 39.1. The van der Waals surface area contributed by atoms with E-state index >= 15 is 0 Å². The molecule has 2 fully saturated rings. The highest BCUT2D eigenvalue weighted by Gasteiger charge is 2.40. The van der Waals surface area contributed by atoms with E-state index in [9.17, 15) is 27.9 Å². The molecule has 2 saturated heterocycles. The van der Waals surface area contributed by atoms with E-state index in [1.165, 1.54) is 18.2 Å². The number of piperidine rings is 1. The van der Waals surface area contributed by atoms with Crippen molar-refractivity contribution in [2.24, 2.45) is 5.92 Å². The third-order valence-corrected chi connectivity index (χ3v) is 9.18. The number of carbonyl (C=O) groups excluding carboxylic acids is 2. The van der Waals surface area contributed by atoms with E-state index in [4.69, 9.17) is 23.2 Å². The molecule has 0 bridgehead atoms. The van der Waals surface area contributed by atoms with Gasteiger partial charge in [0.05, 0.1) is 4.90 Å². The maximum absolute atomic E-state index is 13.2. The maximum Gasteiger partial charge on any atom is 0.326 e. The van der Waals surface area contributed by atoms with Crippen LogP contribution in [0.1, 0.15) is 45.4 Å². The van der Waals surface area contributed by atoms with Crippen LogP contribution in [-0.4, -0.2) is 85.3 Å². The van der Waals surface area contributed by atoms with Crippen molar-refractivity contribution >= 4 is 51.0 Å². The van der Waals surface area contributed by atoms with Gasteiger partial charge in [-0.05, 0) is 69.3 Å². The predicted molar refractivity (Wildman–Crippen MR) is 140 cm³/mol. The number of carbonyl (C=O) groups is 3. The lowest BCUT2D eigenvalue weighted by Crippen LogP contribution is -2.51. The van der Waals surface area contributed by atoms with Crippen LogP contribution in [0.15, 0.2) is 23.1 Å². The highest BCUT2D eigenvalue weighted by molar-refractivity contribution is 7.89. The molecule has 2 atom stereocenters. The summed E-state index contributed by atoms with van der Waals surface area (Å²) >= 11 is 11.9. The molecule has 2 heterocycles. The number of carboxylic acids is 1. The molecule has 2 aliphatic heterocycles. The van der Waals surface area contributed by atoms with Gasteiger partial charge in [0.15, 0.2) is 0 Å². The van der Waals surface area contributed by atoms with E-state index in [2.05, 4.69) is 17.6 Å². The lowest BCUT2D eigenvalue weighted by atomic mass is 9.96. The molecular weight excluding hydrogens is 543 g/mol. The van der Waals surface area contributed by atoms with E-state index in [1.54, 1.807) is 4.90 Å². The van der Waals surface area contributed by atoms with Crippen LogP contribution in [0.3, 0.4) is 0 Å². The van der Waals surface area contributed by atoms with Gasteiger partial charge in [0.25, 0.3) is 0 Å². The smallest absolute Gasteiger partial charge is 0.326 e. The Morgan fingerprint density at radius 1 is 1.08 bits per heavy atom. The number of rotatable bonds is 11. The Morgan fingerprint density at radius 3 is 2.32 bits per heavy atom. The van der Waals surface area contributed by atoms with Crippen molar-refractivity contribution in [1.29, 1.82) is 0 Å². The van der Waals surface area contributed by atoms with Crippen molar-refractivity contribution in [1.82, 2.24) is 19.8 Å². The lowest BCUT2D eigenvalue weighted by molar-refractivity contribution is -0.143. The molecule has 3 rings (SSSR count). The SMILES string of the molecule is CCNCC1CCN(C(=O)CC[C@H](NC(=O)[C@H]2CCCN2S(=O)(=O)c2cc(Cl)cc(Cl)c2)C(=O)O)CC1. The minimum Gasteiger partial charge on any atom is -0.480 e. The number of benzene rings is 1. The Bertz CT molecular complexity index is 1070. The third-order valence-electron chi connectivity index (χ3n) is 6.86. The normalized spacial score (nSPS) is 20.1. The molecule has 1 aromatic carbocycles. The zero-order chi connectivity index (χ0) is 27.2. The van der Waals surface area contributed by atoms with E-state index in [-0.39, 0.29) is 46.7 Å². The molecule has 2 amide bonds. The number of hydrogen-bond donors (Lipinski definition) is 3. The van der Waals surface area contributed by atoms with Crippen molar-refractivity contribution in [2.45, 2.75) is 62.4 Å². The second kappa shape index (κ2) is 13.2. The number of nitrogens with zero attached hydrogens (tertiary/aromatic N) is 2. The summed E-state index contributed by atoms with van der Waals surface area (Å²) < 4.78 is 27.5. The molecule has 0 unspecified atom stereocenters. The molecule has 3 N–H and O–H groups in total. The number of aliphatic carboxylic acids is 1. The van der Waals surface area contributed by atoms with Gasteiger partial charge < -0.3 is 20.6 Å². The summed E-state index contributed by atoms with van der Waals surface area (Å²) in [6, 6.07) is 1.53. The third kappa shape index (κ3) is 7.79. The maximum atomic E-state index is 13.2. The van der Waals surface area contributed by atoms with Crippen LogP contribution in [0.2, 0.25) is 10.0 Å². The number of amides is 2. The van der Waals surface area contributed by atoms with Crippen LogP contribution in [-0.2, 0) is 24.4 Å². The molecule has 2 aliphatic rings. The highest BCUT2D eigenvalue weighted by Crippen LogP contribution is 2.30. The van der Waals surface area contributed by atoms with Gasteiger partial charge in [-0.3, -0.25) is 9.59 Å². The van der Waals surface area contributed by atoms with Crippen LogP contribution in [0.5, 0.6) is 0 Å². The zero-order valence-electron chi connectivity index (χ0n) is 20.8. The Morgan fingerprint density at radius 2 is 1.73 bits per heavy atom. The van der Waals surface area contributed by atoms with Crippen LogP contribution in [0.4, 0.5) is 0 Å². The lowest BCUT2D eigenvalue weighted by Gasteiger charge is -2.32. The first-order valence-corrected chi connectivity index (χ1v) is 14.7. The first-order chi connectivity index (χ1) is 17.5. The van der Waals surface area contributed by atoms with E-state index in [1.807, 2.05) is 0 Å². The second-order valence-electron chi connectivity index (χ2n) is 9.45. The van der Waals surface area contributed by atoms with Crippen molar-refractivity contribution in [3.05, 3.63) is 28.2 Å². The molecule has 10 nitrogen and oxygen atoms in total. The minimum atomic E-state index is -4.09. The second-order valence-corrected chi connectivity index (χ2v) is 12.2. The van der Waals surface area contributed by atoms with Gasteiger partial charge in [-0.15, -0.1) is 0 Å². The number of hydrogen-bond acceptors (Lipinski definition) is 6. The Balaban J connectivity index is 1.59. The summed E-state index contributed by atoms with van der Waals surface area (Å²) in [5, 5.41) is 15.7. The van der Waals surface area contributed by atoms with Gasteiger partial charge in [-0.1, -0.05) is 30.1 Å². The summed E-state index contributed by atoms with van der Waals surface area (Å²) in [6.45, 7) is 5.23. The van der Waals surface area contributed by atoms with E-state index in [0.717, 1.165) is 30.2 Å². The largest absolute Gasteiger partial charge is 0.480 e. The summed E-state index contributed by atoms with van der Waals surface area (Å²) in [5.41, 5.74) is 0. The van der Waals surface area contributed by atoms with Gasteiger partial charge in [0, 0.05) is 36.1 Å². The number of nitrogens with one attached hydrogen (secondary N) is 2. The molecule has 0 spiro atoms. The van der Waals surface area contributed by atoms with Gasteiger partial charge in [0.1, 0.15) is 12.1 Å². The first-order valence-electron chi connectivity index (χ1n) is 12.5. The number of sulfonamides is 1. The predicted octanol–water partition coefficient (Wildman–Crippen LogP) is 2.34. The van der Waals surface area contributed by atoms with Crippen LogP contribution < -0.4 is 10.6 Å². The average molecular weight is 578 g/mol. The topological polar surface area (TPSA) is 136 Å². The van der Waals surface area contributed by atoms with Gasteiger partial charge in [-0.25, -0.2) is 13.2 Å². The van der Waals surface area contributed by atoms with Crippen molar-refractivity contribution in [3.8, 4) is 0 Å². The fourth-order valence-corrected chi connectivity index (χ4v) is 7.17. The van der Waals surface area contributed by atoms with E-state index < -0.39 is 34.0 Å². The standard InChI is InChI=1S/C24H34Cl2N4O6S/c1-2-27-15-16-7-10-29(11-8-16)22(31)6-5-20(24(33)34)28-23(32)21-4-3-9-30(21)37(35,36)19-13-17(25)12-18(26)14-19/h12-14,16,20-21,27H,2-11,15H2,1H3,(H,28,32)(H,33,34)/t20-,21+/m0/s1. The van der Waals surface area contributed by atoms with E-state index in [0.29, 0.717) is 25.4 Å². The van der Waals surface area contributed by atoms with Crippen LogP contribution in [0.25, 0.3) is 0 Å². The molecule has 0 aromatic heterocycles. The first kappa shape index (κ1) is 29.6. The minimum absolute atomic E-state index is 0.0250. The Labute approximate surface area is 227 Å². The Kier molecular flexibility index (Phi) is 10.6. The van der Waals surface area contributed by atoms with Crippen LogP contribution >= 0.6 is 23.2 Å².